The molecule has 0 bridgehead atoms. The number of nitrogens with zero attached hydrogens (tertiary/aromatic N) is 1. The first-order valence-electron chi connectivity index (χ1n) is 6.99. The van der Waals surface area contributed by atoms with E-state index >= 15 is 0 Å². The molecular formula is C14H21BrN2O2S. The summed E-state index contributed by atoms with van der Waals surface area (Å²) in [5.74, 6) is 0. The van der Waals surface area contributed by atoms with Crippen molar-refractivity contribution < 1.29 is 8.42 Å². The van der Waals surface area contributed by atoms with Crippen molar-refractivity contribution in [2.75, 3.05) is 20.1 Å². The minimum atomic E-state index is -3.38. The van der Waals surface area contributed by atoms with Gasteiger partial charge in [-0.05, 0) is 53.5 Å². The first-order valence-corrected chi connectivity index (χ1v) is 9.22. The Kier molecular flexibility index (Phi) is 5.60. The van der Waals surface area contributed by atoms with E-state index in [1.54, 1.807) is 10.4 Å². The Morgan fingerprint density at radius 2 is 1.85 bits per heavy atom. The molecule has 1 aromatic carbocycles. The molecule has 1 N–H and O–H groups in total. The van der Waals surface area contributed by atoms with Gasteiger partial charge in [-0.15, -0.1) is 0 Å². The van der Waals surface area contributed by atoms with Crippen LogP contribution in [0.1, 0.15) is 31.2 Å². The molecule has 1 aromatic rings. The van der Waals surface area contributed by atoms with Crippen LogP contribution in [0, 0.1) is 0 Å². The Bertz CT molecular complexity index is 552. The van der Waals surface area contributed by atoms with E-state index in [4.69, 9.17) is 0 Å². The zero-order chi connectivity index (χ0) is 14.6. The van der Waals surface area contributed by atoms with Crippen LogP contribution in [0.25, 0.3) is 0 Å². The molecule has 0 aliphatic carbocycles. The molecule has 112 valence electrons. The molecule has 0 radical (unpaired) electrons. The van der Waals surface area contributed by atoms with Crippen molar-refractivity contribution in [3.63, 3.8) is 0 Å². The summed E-state index contributed by atoms with van der Waals surface area (Å²) in [6, 6.07) is 5.45. The van der Waals surface area contributed by atoms with Crippen LogP contribution in [0.4, 0.5) is 0 Å². The summed E-state index contributed by atoms with van der Waals surface area (Å²) in [6.07, 6.45) is 4.14. The first kappa shape index (κ1) is 15.9. The number of hydrogen-bond acceptors (Lipinski definition) is 3. The molecular weight excluding hydrogens is 340 g/mol. The van der Waals surface area contributed by atoms with Crippen LogP contribution in [-0.2, 0) is 16.6 Å². The molecule has 0 aromatic heterocycles. The molecule has 1 fully saturated rings. The van der Waals surface area contributed by atoms with E-state index in [2.05, 4.69) is 21.2 Å². The molecule has 6 heteroatoms. The van der Waals surface area contributed by atoms with E-state index < -0.39 is 10.0 Å². The van der Waals surface area contributed by atoms with Crippen LogP contribution in [0.3, 0.4) is 0 Å². The summed E-state index contributed by atoms with van der Waals surface area (Å²) in [7, 11) is -1.51. The Morgan fingerprint density at radius 3 is 2.40 bits per heavy atom. The standard InChI is InChI=1S/C14H21BrN2O2S/c1-16-11-12-6-7-14(13(15)10-12)20(18,19)17-8-4-2-3-5-9-17/h6-7,10,16H,2-5,8-9,11H2,1H3. The van der Waals surface area contributed by atoms with E-state index in [0.29, 0.717) is 22.5 Å². The average Bonchev–Trinajstić information content (AvgIpc) is 2.68. The first-order chi connectivity index (χ1) is 9.55. The molecule has 1 heterocycles. The van der Waals surface area contributed by atoms with Gasteiger partial charge in [-0.25, -0.2) is 8.42 Å². The third-order valence-electron chi connectivity index (χ3n) is 3.56. The van der Waals surface area contributed by atoms with Gasteiger partial charge < -0.3 is 5.32 Å². The topological polar surface area (TPSA) is 49.4 Å². The summed E-state index contributed by atoms with van der Waals surface area (Å²) < 4.78 is 27.7. The number of hydrogen-bond donors (Lipinski definition) is 1. The molecule has 0 unspecified atom stereocenters. The molecule has 1 saturated heterocycles. The van der Waals surface area contributed by atoms with Crippen LogP contribution in [0.15, 0.2) is 27.6 Å². The van der Waals surface area contributed by atoms with Crippen LogP contribution in [0.5, 0.6) is 0 Å². The van der Waals surface area contributed by atoms with Crippen molar-refractivity contribution >= 4 is 26.0 Å². The number of halogens is 1. The Morgan fingerprint density at radius 1 is 1.20 bits per heavy atom. The molecule has 0 atom stereocenters. The van der Waals surface area contributed by atoms with E-state index in [1.165, 1.54) is 0 Å². The third kappa shape index (κ3) is 3.61. The fraction of sp³-hybridized carbons (Fsp3) is 0.571. The fourth-order valence-electron chi connectivity index (χ4n) is 2.49. The highest BCUT2D eigenvalue weighted by Crippen LogP contribution is 2.27. The van der Waals surface area contributed by atoms with Gasteiger partial charge in [0.1, 0.15) is 0 Å². The van der Waals surface area contributed by atoms with E-state index in [0.717, 1.165) is 37.8 Å². The van der Waals surface area contributed by atoms with Gasteiger partial charge in [-0.1, -0.05) is 18.9 Å². The maximum absolute atomic E-state index is 12.7. The van der Waals surface area contributed by atoms with Gasteiger partial charge in [0.05, 0.1) is 4.90 Å². The van der Waals surface area contributed by atoms with Crippen molar-refractivity contribution in [1.82, 2.24) is 9.62 Å². The van der Waals surface area contributed by atoms with Crippen LogP contribution in [-0.4, -0.2) is 32.9 Å². The SMILES string of the molecule is CNCc1ccc(S(=O)(=O)N2CCCCCC2)c(Br)c1. The van der Waals surface area contributed by atoms with Gasteiger partial charge in [0.25, 0.3) is 0 Å². The summed E-state index contributed by atoms with van der Waals surface area (Å²) in [5.41, 5.74) is 1.06. The lowest BCUT2D eigenvalue weighted by atomic mass is 10.2. The number of rotatable bonds is 4. The van der Waals surface area contributed by atoms with Crippen LogP contribution in [0.2, 0.25) is 0 Å². The maximum Gasteiger partial charge on any atom is 0.244 e. The number of sulfonamides is 1. The maximum atomic E-state index is 12.7. The quantitative estimate of drug-likeness (QED) is 0.897. The summed E-state index contributed by atoms with van der Waals surface area (Å²) in [6.45, 7) is 1.99. The lowest BCUT2D eigenvalue weighted by Gasteiger charge is -2.21. The molecule has 4 nitrogen and oxygen atoms in total. The Labute approximate surface area is 129 Å². The molecule has 1 aliphatic rings. The summed E-state index contributed by atoms with van der Waals surface area (Å²) in [4.78, 5) is 0.374. The van der Waals surface area contributed by atoms with E-state index in [1.807, 2.05) is 19.2 Å². The second-order valence-corrected chi connectivity index (χ2v) is 7.87. The minimum absolute atomic E-state index is 0.374. The van der Waals surface area contributed by atoms with Crippen molar-refractivity contribution in [2.24, 2.45) is 0 Å². The fourth-order valence-corrected chi connectivity index (χ4v) is 5.09. The van der Waals surface area contributed by atoms with Gasteiger partial charge in [-0.2, -0.15) is 4.31 Å². The smallest absolute Gasteiger partial charge is 0.244 e. The van der Waals surface area contributed by atoms with Crippen LogP contribution >= 0.6 is 15.9 Å². The Balaban J connectivity index is 2.28. The average molecular weight is 361 g/mol. The second-order valence-electron chi connectivity index (χ2n) is 5.11. The summed E-state index contributed by atoms with van der Waals surface area (Å²) >= 11 is 3.41. The van der Waals surface area contributed by atoms with Gasteiger partial charge >= 0.3 is 0 Å². The van der Waals surface area contributed by atoms with Crippen molar-refractivity contribution in [3.05, 3.63) is 28.2 Å². The lowest BCUT2D eigenvalue weighted by molar-refractivity contribution is 0.423. The minimum Gasteiger partial charge on any atom is -0.316 e. The zero-order valence-corrected chi connectivity index (χ0v) is 14.1. The highest BCUT2D eigenvalue weighted by Gasteiger charge is 2.26. The normalized spacial score (nSPS) is 17.9. The lowest BCUT2D eigenvalue weighted by Crippen LogP contribution is -2.32. The van der Waals surface area contributed by atoms with Gasteiger partial charge in [0, 0.05) is 24.1 Å². The van der Waals surface area contributed by atoms with E-state index in [9.17, 15) is 8.42 Å². The highest BCUT2D eigenvalue weighted by atomic mass is 79.9. The van der Waals surface area contributed by atoms with Gasteiger partial charge in [0.15, 0.2) is 0 Å². The van der Waals surface area contributed by atoms with Gasteiger partial charge in [0.2, 0.25) is 10.0 Å². The molecule has 20 heavy (non-hydrogen) atoms. The molecule has 0 amide bonds. The zero-order valence-electron chi connectivity index (χ0n) is 11.7. The van der Waals surface area contributed by atoms with Crippen LogP contribution < -0.4 is 5.32 Å². The Hall–Kier alpha value is -0.430. The molecule has 1 aliphatic heterocycles. The van der Waals surface area contributed by atoms with Gasteiger partial charge in [-0.3, -0.25) is 0 Å². The summed E-state index contributed by atoms with van der Waals surface area (Å²) in [5, 5.41) is 3.06. The predicted octanol–water partition coefficient (Wildman–Crippen LogP) is 2.73. The monoisotopic (exact) mass is 360 g/mol. The number of nitrogens with one attached hydrogen (secondary N) is 1. The largest absolute Gasteiger partial charge is 0.316 e. The second kappa shape index (κ2) is 7.02. The van der Waals surface area contributed by atoms with E-state index in [-0.39, 0.29) is 0 Å². The highest BCUT2D eigenvalue weighted by molar-refractivity contribution is 9.10. The predicted molar refractivity (Wildman–Crippen MR) is 84.1 cm³/mol. The molecule has 0 spiro atoms. The molecule has 0 saturated carbocycles. The molecule has 2 rings (SSSR count). The van der Waals surface area contributed by atoms with Crippen molar-refractivity contribution in [2.45, 2.75) is 37.1 Å². The number of benzene rings is 1. The third-order valence-corrected chi connectivity index (χ3v) is 6.44. The van der Waals surface area contributed by atoms with Crippen molar-refractivity contribution in [1.29, 1.82) is 0 Å². The van der Waals surface area contributed by atoms with Crippen molar-refractivity contribution in [3.8, 4) is 0 Å².